The topological polar surface area (TPSA) is 20.2 Å². The minimum Gasteiger partial charge on any atom is -0.393 e. The highest BCUT2D eigenvalue weighted by atomic mass is 16.3. The summed E-state index contributed by atoms with van der Waals surface area (Å²) in [5, 5.41) is 9.65. The molecule has 0 aromatic rings. The van der Waals surface area contributed by atoms with E-state index < -0.39 is 0 Å². The van der Waals surface area contributed by atoms with Gasteiger partial charge in [0, 0.05) is 0 Å². The van der Waals surface area contributed by atoms with E-state index in [2.05, 4.69) is 20.4 Å². The average molecular weight is 236 g/mol. The van der Waals surface area contributed by atoms with Crippen LogP contribution in [-0.4, -0.2) is 11.2 Å². The molecule has 17 heavy (non-hydrogen) atoms. The van der Waals surface area contributed by atoms with Gasteiger partial charge in [-0.3, -0.25) is 0 Å². The van der Waals surface area contributed by atoms with E-state index in [4.69, 9.17) is 0 Å². The summed E-state index contributed by atoms with van der Waals surface area (Å²) in [6.07, 6.45) is 11.3. The fourth-order valence-electron chi connectivity index (χ4n) is 2.88. The molecule has 1 rings (SSSR count). The van der Waals surface area contributed by atoms with Gasteiger partial charge >= 0.3 is 0 Å². The second kappa shape index (κ2) is 7.71. The third-order valence-corrected chi connectivity index (χ3v) is 4.09. The molecule has 0 bridgehead atoms. The predicted octanol–water partition coefficient (Wildman–Crippen LogP) is 4.62. The molecule has 0 saturated heterocycles. The number of hydrogen-bond acceptors (Lipinski definition) is 1. The normalized spacial score (nSPS) is 21.9. The van der Waals surface area contributed by atoms with E-state index >= 15 is 0 Å². The Labute approximate surface area is 107 Å². The minimum absolute atomic E-state index is 0.0658. The highest BCUT2D eigenvalue weighted by Crippen LogP contribution is 2.35. The van der Waals surface area contributed by atoms with Gasteiger partial charge < -0.3 is 5.11 Å². The molecule has 1 aliphatic carbocycles. The van der Waals surface area contributed by atoms with E-state index in [-0.39, 0.29) is 6.10 Å². The first-order chi connectivity index (χ1) is 8.19. The highest BCUT2D eigenvalue weighted by Gasteiger charge is 2.19. The number of aliphatic hydroxyl groups is 1. The second-order valence-electron chi connectivity index (χ2n) is 5.37. The summed E-state index contributed by atoms with van der Waals surface area (Å²) >= 11 is 0. The van der Waals surface area contributed by atoms with Crippen LogP contribution in [0.1, 0.15) is 65.2 Å². The smallest absolute Gasteiger partial charge is 0.0540 e. The van der Waals surface area contributed by atoms with Crippen molar-refractivity contribution in [2.75, 3.05) is 0 Å². The maximum absolute atomic E-state index is 9.65. The fraction of sp³-hybridized carbons (Fsp3) is 0.750. The molecule has 1 heteroatoms. The standard InChI is InChI=1S/C16H28O/c1-4-8-16(17)10-7-6-9-15-12-11-14(5-2)13(15)3/h5,15-17H,2,4,6-12H2,1,3H3. The third kappa shape index (κ3) is 4.67. The molecule has 1 nitrogen and oxygen atoms in total. The zero-order valence-electron chi connectivity index (χ0n) is 11.5. The summed E-state index contributed by atoms with van der Waals surface area (Å²) in [4.78, 5) is 0. The Kier molecular flexibility index (Phi) is 6.57. The number of rotatable bonds is 8. The summed E-state index contributed by atoms with van der Waals surface area (Å²) in [7, 11) is 0. The lowest BCUT2D eigenvalue weighted by molar-refractivity contribution is 0.149. The zero-order valence-corrected chi connectivity index (χ0v) is 11.5. The number of aliphatic hydroxyl groups excluding tert-OH is 1. The molecule has 2 unspecified atom stereocenters. The molecular formula is C16H28O. The minimum atomic E-state index is -0.0658. The van der Waals surface area contributed by atoms with Gasteiger partial charge in [0.2, 0.25) is 0 Å². The Morgan fingerprint density at radius 2 is 2.18 bits per heavy atom. The fourth-order valence-corrected chi connectivity index (χ4v) is 2.88. The largest absolute Gasteiger partial charge is 0.393 e. The number of hydrogen-bond donors (Lipinski definition) is 1. The summed E-state index contributed by atoms with van der Waals surface area (Å²) in [5.74, 6) is 0.784. The van der Waals surface area contributed by atoms with Crippen LogP contribution in [0.25, 0.3) is 0 Å². The molecule has 0 aliphatic heterocycles. The Morgan fingerprint density at radius 1 is 1.41 bits per heavy atom. The monoisotopic (exact) mass is 236 g/mol. The van der Waals surface area contributed by atoms with E-state index in [1.165, 1.54) is 37.7 Å². The van der Waals surface area contributed by atoms with Crippen molar-refractivity contribution in [3.63, 3.8) is 0 Å². The van der Waals surface area contributed by atoms with Gasteiger partial charge in [-0.25, -0.2) is 0 Å². The number of allylic oxidation sites excluding steroid dienone is 3. The summed E-state index contributed by atoms with van der Waals surface area (Å²) in [5.41, 5.74) is 3.04. The van der Waals surface area contributed by atoms with Crippen molar-refractivity contribution in [1.29, 1.82) is 0 Å². The Balaban J connectivity index is 2.16. The maximum atomic E-state index is 9.65. The molecule has 0 saturated carbocycles. The van der Waals surface area contributed by atoms with Crippen LogP contribution in [0.4, 0.5) is 0 Å². The predicted molar refractivity (Wildman–Crippen MR) is 75.0 cm³/mol. The molecule has 0 aromatic heterocycles. The summed E-state index contributed by atoms with van der Waals surface area (Å²) in [6, 6.07) is 0. The maximum Gasteiger partial charge on any atom is 0.0540 e. The molecule has 0 fully saturated rings. The van der Waals surface area contributed by atoms with Crippen LogP contribution < -0.4 is 0 Å². The van der Waals surface area contributed by atoms with Crippen molar-refractivity contribution < 1.29 is 5.11 Å². The molecular weight excluding hydrogens is 208 g/mol. The first-order valence-electron chi connectivity index (χ1n) is 7.19. The van der Waals surface area contributed by atoms with Crippen LogP contribution in [0, 0.1) is 5.92 Å². The van der Waals surface area contributed by atoms with Crippen LogP contribution in [0.3, 0.4) is 0 Å². The second-order valence-corrected chi connectivity index (χ2v) is 5.37. The van der Waals surface area contributed by atoms with E-state index in [1.807, 2.05) is 6.08 Å². The van der Waals surface area contributed by atoms with Crippen LogP contribution in [0.5, 0.6) is 0 Å². The lowest BCUT2D eigenvalue weighted by Gasteiger charge is -2.13. The van der Waals surface area contributed by atoms with E-state index in [0.717, 1.165) is 25.2 Å². The quantitative estimate of drug-likeness (QED) is 0.610. The van der Waals surface area contributed by atoms with Crippen molar-refractivity contribution >= 4 is 0 Å². The van der Waals surface area contributed by atoms with Crippen LogP contribution >= 0.6 is 0 Å². The van der Waals surface area contributed by atoms with Gasteiger partial charge in [0.1, 0.15) is 0 Å². The van der Waals surface area contributed by atoms with Gasteiger partial charge in [-0.15, -0.1) is 0 Å². The van der Waals surface area contributed by atoms with Gasteiger partial charge in [-0.1, -0.05) is 44.4 Å². The van der Waals surface area contributed by atoms with Gasteiger partial charge in [0.05, 0.1) is 6.10 Å². The lowest BCUT2D eigenvalue weighted by atomic mass is 9.94. The third-order valence-electron chi connectivity index (χ3n) is 4.09. The molecule has 1 N–H and O–H groups in total. The Hall–Kier alpha value is -0.560. The highest BCUT2D eigenvalue weighted by molar-refractivity contribution is 5.29. The molecule has 2 atom stereocenters. The van der Waals surface area contributed by atoms with Crippen molar-refractivity contribution in [2.45, 2.75) is 71.3 Å². The van der Waals surface area contributed by atoms with E-state index in [0.29, 0.717) is 0 Å². The summed E-state index contributed by atoms with van der Waals surface area (Å²) < 4.78 is 0. The average Bonchev–Trinajstić information content (AvgIpc) is 2.66. The Bertz CT molecular complexity index is 265. The van der Waals surface area contributed by atoms with Crippen molar-refractivity contribution in [3.8, 4) is 0 Å². The van der Waals surface area contributed by atoms with E-state index in [1.54, 1.807) is 5.57 Å². The first kappa shape index (κ1) is 14.5. The van der Waals surface area contributed by atoms with E-state index in [9.17, 15) is 5.11 Å². The molecule has 0 radical (unpaired) electrons. The number of unbranched alkanes of at least 4 members (excludes halogenated alkanes) is 1. The first-order valence-corrected chi connectivity index (χ1v) is 7.19. The molecule has 98 valence electrons. The van der Waals surface area contributed by atoms with Gasteiger partial charge in [0.15, 0.2) is 0 Å². The molecule has 0 aromatic carbocycles. The van der Waals surface area contributed by atoms with Gasteiger partial charge in [-0.2, -0.15) is 0 Å². The van der Waals surface area contributed by atoms with Crippen molar-refractivity contribution in [3.05, 3.63) is 23.8 Å². The zero-order chi connectivity index (χ0) is 12.7. The van der Waals surface area contributed by atoms with Crippen molar-refractivity contribution in [2.24, 2.45) is 5.92 Å². The van der Waals surface area contributed by atoms with Gasteiger partial charge in [0.25, 0.3) is 0 Å². The molecule has 0 spiro atoms. The summed E-state index contributed by atoms with van der Waals surface area (Å²) in [6.45, 7) is 8.27. The lowest BCUT2D eigenvalue weighted by Crippen LogP contribution is -2.05. The van der Waals surface area contributed by atoms with Crippen LogP contribution in [0.15, 0.2) is 23.8 Å². The van der Waals surface area contributed by atoms with Crippen molar-refractivity contribution in [1.82, 2.24) is 0 Å². The van der Waals surface area contributed by atoms with Crippen LogP contribution in [-0.2, 0) is 0 Å². The Morgan fingerprint density at radius 3 is 2.76 bits per heavy atom. The molecule has 0 heterocycles. The van der Waals surface area contributed by atoms with Gasteiger partial charge in [-0.05, 0) is 50.5 Å². The van der Waals surface area contributed by atoms with Crippen LogP contribution in [0.2, 0.25) is 0 Å². The SMILES string of the molecule is C=CC1=C(C)C(CCCCC(O)CCC)CC1. The molecule has 0 amide bonds. The molecule has 1 aliphatic rings.